The van der Waals surface area contributed by atoms with E-state index in [1.165, 1.54) is 24.2 Å². The minimum atomic E-state index is 0.313. The van der Waals surface area contributed by atoms with E-state index in [2.05, 4.69) is 4.98 Å². The van der Waals surface area contributed by atoms with Crippen LogP contribution in [0.2, 0.25) is 0 Å². The van der Waals surface area contributed by atoms with Gasteiger partial charge in [0.05, 0.1) is 17.7 Å². The molecule has 0 spiro atoms. The number of aromatic nitrogens is 2. The largest absolute Gasteiger partial charge is 0.506 e. The van der Waals surface area contributed by atoms with E-state index >= 15 is 0 Å². The van der Waals surface area contributed by atoms with Gasteiger partial charge in [0.15, 0.2) is 0 Å². The van der Waals surface area contributed by atoms with Gasteiger partial charge in [0.2, 0.25) is 0 Å². The standard InChI is InChI=1S/C13H14N2O/c16-13-8-4-3-7-12(13)15-9-14-10-5-1-2-6-11(10)15/h3-4,7-9,16H,1-2,5-6H2. The molecule has 1 aliphatic carbocycles. The summed E-state index contributed by atoms with van der Waals surface area (Å²) in [5.41, 5.74) is 3.28. The number of aromatic hydroxyl groups is 1. The third kappa shape index (κ3) is 1.40. The molecule has 0 atom stereocenters. The normalized spacial score (nSPS) is 14.8. The summed E-state index contributed by atoms with van der Waals surface area (Å²) >= 11 is 0. The van der Waals surface area contributed by atoms with Crippen LogP contribution in [0.1, 0.15) is 24.2 Å². The van der Waals surface area contributed by atoms with E-state index in [-0.39, 0.29) is 0 Å². The zero-order valence-corrected chi connectivity index (χ0v) is 9.06. The molecule has 3 heteroatoms. The van der Waals surface area contributed by atoms with Gasteiger partial charge in [-0.1, -0.05) is 12.1 Å². The fourth-order valence-corrected chi connectivity index (χ4v) is 2.34. The lowest BCUT2D eigenvalue weighted by Gasteiger charge is -2.14. The molecule has 1 aromatic carbocycles. The number of fused-ring (bicyclic) bond motifs is 1. The number of nitrogens with zero attached hydrogens (tertiary/aromatic N) is 2. The van der Waals surface area contributed by atoms with Crippen molar-refractivity contribution in [2.75, 3.05) is 0 Å². The van der Waals surface area contributed by atoms with Crippen LogP contribution in [-0.2, 0) is 12.8 Å². The van der Waals surface area contributed by atoms with Crippen LogP contribution < -0.4 is 0 Å². The van der Waals surface area contributed by atoms with Crippen LogP contribution in [0.15, 0.2) is 30.6 Å². The van der Waals surface area contributed by atoms with Crippen LogP contribution in [0.4, 0.5) is 0 Å². The summed E-state index contributed by atoms with van der Waals surface area (Å²) in [5.74, 6) is 0.313. The zero-order chi connectivity index (χ0) is 11.0. The Morgan fingerprint density at radius 1 is 1.12 bits per heavy atom. The fourth-order valence-electron chi connectivity index (χ4n) is 2.34. The van der Waals surface area contributed by atoms with Crippen LogP contribution in [0, 0.1) is 0 Å². The molecule has 82 valence electrons. The van der Waals surface area contributed by atoms with Crippen LogP contribution in [-0.4, -0.2) is 14.7 Å². The Hall–Kier alpha value is -1.77. The number of imidazole rings is 1. The molecule has 0 bridgehead atoms. The van der Waals surface area contributed by atoms with Crippen LogP contribution in [0.3, 0.4) is 0 Å². The Labute approximate surface area is 94.4 Å². The second kappa shape index (κ2) is 3.67. The maximum atomic E-state index is 9.84. The SMILES string of the molecule is Oc1ccccc1-n1cnc2c1CCCC2. The molecular weight excluding hydrogens is 200 g/mol. The maximum Gasteiger partial charge on any atom is 0.139 e. The number of rotatable bonds is 1. The lowest BCUT2D eigenvalue weighted by Crippen LogP contribution is -2.06. The topological polar surface area (TPSA) is 38.0 Å². The number of hydrogen-bond donors (Lipinski definition) is 1. The van der Waals surface area contributed by atoms with Crippen LogP contribution in [0.5, 0.6) is 5.75 Å². The van der Waals surface area contributed by atoms with Crippen molar-refractivity contribution in [3.8, 4) is 11.4 Å². The minimum absolute atomic E-state index is 0.313. The van der Waals surface area contributed by atoms with Crippen molar-refractivity contribution in [3.63, 3.8) is 0 Å². The third-order valence-electron chi connectivity index (χ3n) is 3.17. The Morgan fingerprint density at radius 3 is 2.81 bits per heavy atom. The molecule has 1 N–H and O–H groups in total. The molecule has 2 aromatic rings. The lowest BCUT2D eigenvalue weighted by atomic mass is 10.0. The van der Waals surface area contributed by atoms with Gasteiger partial charge in [-0.15, -0.1) is 0 Å². The predicted molar refractivity (Wildman–Crippen MR) is 61.9 cm³/mol. The van der Waals surface area contributed by atoms with Gasteiger partial charge in [-0.2, -0.15) is 0 Å². The Bertz CT molecular complexity index is 516. The van der Waals surface area contributed by atoms with E-state index in [4.69, 9.17) is 0 Å². The maximum absolute atomic E-state index is 9.84. The zero-order valence-electron chi connectivity index (χ0n) is 9.06. The van der Waals surface area contributed by atoms with Gasteiger partial charge < -0.3 is 5.11 Å². The fraction of sp³-hybridized carbons (Fsp3) is 0.308. The van der Waals surface area contributed by atoms with Gasteiger partial charge >= 0.3 is 0 Å². The highest BCUT2D eigenvalue weighted by molar-refractivity contribution is 5.47. The monoisotopic (exact) mass is 214 g/mol. The van der Waals surface area contributed by atoms with Gasteiger partial charge in [-0.3, -0.25) is 4.57 Å². The smallest absolute Gasteiger partial charge is 0.139 e. The number of para-hydroxylation sites is 2. The Kier molecular flexibility index (Phi) is 2.17. The van der Waals surface area contributed by atoms with Gasteiger partial charge in [0.25, 0.3) is 0 Å². The van der Waals surface area contributed by atoms with Crippen LogP contribution in [0.25, 0.3) is 5.69 Å². The van der Waals surface area contributed by atoms with Crippen molar-refractivity contribution in [3.05, 3.63) is 42.0 Å². The molecular formula is C13H14N2O. The molecule has 0 fully saturated rings. The summed E-state index contributed by atoms with van der Waals surface area (Å²) in [4.78, 5) is 4.43. The lowest BCUT2D eigenvalue weighted by molar-refractivity contribution is 0.471. The van der Waals surface area contributed by atoms with Crippen molar-refractivity contribution >= 4 is 0 Å². The van der Waals surface area contributed by atoms with Gasteiger partial charge in [0.1, 0.15) is 5.75 Å². The number of phenols is 1. The molecule has 0 unspecified atom stereocenters. The van der Waals surface area contributed by atoms with Crippen molar-refractivity contribution < 1.29 is 5.11 Å². The van der Waals surface area contributed by atoms with E-state index in [9.17, 15) is 5.11 Å². The van der Waals surface area contributed by atoms with Gasteiger partial charge in [-0.25, -0.2) is 4.98 Å². The summed E-state index contributed by atoms with van der Waals surface area (Å²) in [6, 6.07) is 7.41. The number of aryl methyl sites for hydroxylation is 1. The molecule has 0 aliphatic heterocycles. The van der Waals surface area contributed by atoms with Crippen molar-refractivity contribution in [2.45, 2.75) is 25.7 Å². The highest BCUT2D eigenvalue weighted by Crippen LogP contribution is 2.27. The van der Waals surface area contributed by atoms with E-state index in [0.29, 0.717) is 5.75 Å². The summed E-state index contributed by atoms with van der Waals surface area (Å²) < 4.78 is 2.02. The molecule has 3 nitrogen and oxygen atoms in total. The molecule has 0 saturated carbocycles. The molecule has 0 radical (unpaired) electrons. The van der Waals surface area contributed by atoms with E-state index in [1.54, 1.807) is 6.07 Å². The van der Waals surface area contributed by atoms with E-state index in [1.807, 2.05) is 29.1 Å². The molecule has 1 aliphatic rings. The van der Waals surface area contributed by atoms with Crippen molar-refractivity contribution in [1.29, 1.82) is 0 Å². The second-order valence-electron chi connectivity index (χ2n) is 4.20. The van der Waals surface area contributed by atoms with Crippen molar-refractivity contribution in [2.24, 2.45) is 0 Å². The summed E-state index contributed by atoms with van der Waals surface area (Å²) in [6.45, 7) is 0. The molecule has 0 saturated heterocycles. The molecule has 3 rings (SSSR count). The number of hydrogen-bond acceptors (Lipinski definition) is 2. The highest BCUT2D eigenvalue weighted by atomic mass is 16.3. The quantitative estimate of drug-likeness (QED) is 0.791. The van der Waals surface area contributed by atoms with Crippen molar-refractivity contribution in [1.82, 2.24) is 9.55 Å². The molecule has 16 heavy (non-hydrogen) atoms. The first-order chi connectivity index (χ1) is 7.86. The number of benzene rings is 1. The molecule has 1 aromatic heterocycles. The average molecular weight is 214 g/mol. The number of phenolic OH excluding ortho intramolecular Hbond substituents is 1. The van der Waals surface area contributed by atoms with Crippen LogP contribution >= 0.6 is 0 Å². The van der Waals surface area contributed by atoms with E-state index in [0.717, 1.165) is 18.5 Å². The third-order valence-corrected chi connectivity index (χ3v) is 3.17. The predicted octanol–water partition coefficient (Wildman–Crippen LogP) is 2.46. The first kappa shape index (κ1) is 9.46. The molecule has 0 amide bonds. The summed E-state index contributed by atoms with van der Waals surface area (Å²) in [6.07, 6.45) is 6.39. The minimum Gasteiger partial charge on any atom is -0.506 e. The van der Waals surface area contributed by atoms with Gasteiger partial charge in [-0.05, 0) is 37.8 Å². The summed E-state index contributed by atoms with van der Waals surface area (Å²) in [5, 5.41) is 9.84. The van der Waals surface area contributed by atoms with E-state index < -0.39 is 0 Å². The first-order valence-electron chi connectivity index (χ1n) is 5.70. The summed E-state index contributed by atoms with van der Waals surface area (Å²) in [7, 11) is 0. The average Bonchev–Trinajstić information content (AvgIpc) is 2.74. The highest BCUT2D eigenvalue weighted by Gasteiger charge is 2.16. The second-order valence-corrected chi connectivity index (χ2v) is 4.20. The Balaban J connectivity index is 2.13. The Morgan fingerprint density at radius 2 is 1.94 bits per heavy atom. The first-order valence-corrected chi connectivity index (χ1v) is 5.70. The van der Waals surface area contributed by atoms with Gasteiger partial charge in [0, 0.05) is 5.69 Å². The molecule has 1 heterocycles.